The number of hydrogen-bond donors (Lipinski definition) is 1. The number of aromatic nitrogens is 2. The van der Waals surface area contributed by atoms with E-state index in [0.717, 1.165) is 18.4 Å². The molecule has 1 amide bonds. The van der Waals surface area contributed by atoms with E-state index >= 15 is 0 Å². The van der Waals surface area contributed by atoms with E-state index in [1.54, 1.807) is 7.05 Å². The van der Waals surface area contributed by atoms with Crippen LogP contribution in [0.25, 0.3) is 11.0 Å². The fraction of sp³-hybridized carbons (Fsp3) is 0.529. The van der Waals surface area contributed by atoms with Gasteiger partial charge in [0.15, 0.2) is 0 Å². The number of aryl methyl sites for hydroxylation is 1. The number of nitrogens with zero attached hydrogens (tertiary/aromatic N) is 3. The zero-order valence-electron chi connectivity index (χ0n) is 13.5. The van der Waals surface area contributed by atoms with E-state index in [4.69, 9.17) is 0 Å². The molecular formula is C17H22N4O2. The Morgan fingerprint density at radius 2 is 1.70 bits per heavy atom. The van der Waals surface area contributed by atoms with Crippen LogP contribution in [-0.2, 0) is 7.05 Å². The molecule has 1 aromatic heterocycles. The Balaban J connectivity index is 1.61. The molecule has 3 atom stereocenters. The van der Waals surface area contributed by atoms with E-state index in [0.29, 0.717) is 17.6 Å². The second kappa shape index (κ2) is 5.23. The Morgan fingerprint density at radius 1 is 1.09 bits per heavy atom. The lowest BCUT2D eigenvalue weighted by Gasteiger charge is -2.36. The topological polar surface area (TPSA) is 59.3 Å². The highest BCUT2D eigenvalue weighted by atomic mass is 16.2. The van der Waals surface area contributed by atoms with Crippen molar-refractivity contribution in [1.29, 1.82) is 0 Å². The fourth-order valence-electron chi connectivity index (χ4n) is 4.26. The van der Waals surface area contributed by atoms with E-state index in [1.807, 2.05) is 24.3 Å². The molecule has 6 nitrogen and oxygen atoms in total. The molecule has 2 bridgehead atoms. The first-order valence-corrected chi connectivity index (χ1v) is 8.25. The van der Waals surface area contributed by atoms with Crippen molar-refractivity contribution in [2.75, 3.05) is 7.05 Å². The summed E-state index contributed by atoms with van der Waals surface area (Å²) in [6.45, 7) is 0. The summed E-state index contributed by atoms with van der Waals surface area (Å²) in [6.07, 6.45) is 4.36. The van der Waals surface area contributed by atoms with Gasteiger partial charge in [0.2, 0.25) is 0 Å². The zero-order chi connectivity index (χ0) is 16.1. The Bertz CT molecular complexity index is 808. The minimum absolute atomic E-state index is 0.155. The predicted molar refractivity (Wildman–Crippen MR) is 88.7 cm³/mol. The Hall–Kier alpha value is -2.08. The molecule has 1 N–H and O–H groups in total. The molecule has 3 heterocycles. The van der Waals surface area contributed by atoms with E-state index in [9.17, 15) is 9.59 Å². The molecule has 1 aromatic carbocycles. The Kier molecular flexibility index (Phi) is 3.30. The lowest BCUT2D eigenvalue weighted by Crippen LogP contribution is -2.50. The quantitative estimate of drug-likeness (QED) is 0.868. The van der Waals surface area contributed by atoms with Crippen LogP contribution in [0, 0.1) is 0 Å². The molecule has 122 valence electrons. The van der Waals surface area contributed by atoms with Crippen LogP contribution in [0.3, 0.4) is 0 Å². The minimum atomic E-state index is -0.305. The van der Waals surface area contributed by atoms with Gasteiger partial charge in [0.25, 0.3) is 0 Å². The lowest BCUT2D eigenvalue weighted by atomic mass is 9.98. The summed E-state index contributed by atoms with van der Waals surface area (Å²) in [5, 5.41) is 3.09. The third kappa shape index (κ3) is 2.20. The van der Waals surface area contributed by atoms with Crippen LogP contribution < -0.4 is 11.0 Å². The van der Waals surface area contributed by atoms with Crippen molar-refractivity contribution in [1.82, 2.24) is 19.4 Å². The van der Waals surface area contributed by atoms with Gasteiger partial charge in [-0.2, -0.15) is 0 Å². The van der Waals surface area contributed by atoms with Gasteiger partial charge in [-0.05, 0) is 44.9 Å². The molecule has 2 saturated heterocycles. The highest BCUT2D eigenvalue weighted by molar-refractivity contribution is 5.89. The first-order chi connectivity index (χ1) is 11.1. The summed E-state index contributed by atoms with van der Waals surface area (Å²) >= 11 is 0. The van der Waals surface area contributed by atoms with Crippen molar-refractivity contribution in [2.24, 2.45) is 7.05 Å². The number of imidazole rings is 1. The average molecular weight is 314 g/mol. The summed E-state index contributed by atoms with van der Waals surface area (Å²) in [6, 6.07) is 8.36. The standard InChI is InChI=1S/C17H22N4O2/c1-19-12-7-8-13(19)10-11(9-12)18-16(22)21-15-6-4-3-5-14(15)20(2)17(21)23/h3-6,11-13H,7-10H2,1-2H3,(H,18,22)/t11?,12-,13+. The maximum Gasteiger partial charge on any atom is 0.337 e. The summed E-state index contributed by atoms with van der Waals surface area (Å²) in [5.41, 5.74) is 1.14. The fourth-order valence-corrected chi connectivity index (χ4v) is 4.26. The van der Waals surface area contributed by atoms with Crippen molar-refractivity contribution < 1.29 is 4.79 Å². The normalized spacial score (nSPS) is 27.5. The van der Waals surface area contributed by atoms with Gasteiger partial charge in [-0.25, -0.2) is 14.2 Å². The molecule has 0 saturated carbocycles. The number of benzene rings is 1. The maximum atomic E-state index is 12.7. The number of piperidine rings is 1. The lowest BCUT2D eigenvalue weighted by molar-refractivity contribution is 0.150. The molecule has 2 aromatic rings. The van der Waals surface area contributed by atoms with Gasteiger partial charge in [-0.1, -0.05) is 12.1 Å². The number of fused-ring (bicyclic) bond motifs is 3. The molecule has 1 unspecified atom stereocenters. The predicted octanol–water partition coefficient (Wildman–Crippen LogP) is 1.52. The number of rotatable bonds is 1. The van der Waals surface area contributed by atoms with Gasteiger partial charge in [0, 0.05) is 25.2 Å². The van der Waals surface area contributed by atoms with Crippen LogP contribution in [0.2, 0.25) is 0 Å². The van der Waals surface area contributed by atoms with Crippen LogP contribution in [0.15, 0.2) is 29.1 Å². The van der Waals surface area contributed by atoms with Crippen molar-refractivity contribution in [3.8, 4) is 0 Å². The van der Waals surface area contributed by atoms with Crippen molar-refractivity contribution in [3.63, 3.8) is 0 Å². The molecule has 0 aliphatic carbocycles. The maximum absolute atomic E-state index is 12.7. The zero-order valence-corrected chi connectivity index (χ0v) is 13.5. The van der Waals surface area contributed by atoms with E-state index < -0.39 is 0 Å². The molecular weight excluding hydrogens is 292 g/mol. The summed E-state index contributed by atoms with van der Waals surface area (Å²) in [7, 11) is 3.87. The number of para-hydroxylation sites is 2. The highest BCUT2D eigenvalue weighted by Gasteiger charge is 2.39. The van der Waals surface area contributed by atoms with Gasteiger partial charge >= 0.3 is 11.7 Å². The summed E-state index contributed by atoms with van der Waals surface area (Å²) < 4.78 is 2.78. The van der Waals surface area contributed by atoms with E-state index in [2.05, 4.69) is 17.3 Å². The second-order valence-electron chi connectivity index (χ2n) is 6.83. The van der Waals surface area contributed by atoms with Gasteiger partial charge in [-0.3, -0.25) is 4.57 Å². The molecule has 23 heavy (non-hydrogen) atoms. The average Bonchev–Trinajstić information content (AvgIpc) is 2.90. The van der Waals surface area contributed by atoms with Crippen molar-refractivity contribution in [3.05, 3.63) is 34.7 Å². The molecule has 0 spiro atoms. The highest BCUT2D eigenvalue weighted by Crippen LogP contribution is 2.34. The summed E-state index contributed by atoms with van der Waals surface area (Å²) in [4.78, 5) is 27.6. The van der Waals surface area contributed by atoms with Crippen LogP contribution in [0.5, 0.6) is 0 Å². The number of hydrogen-bond acceptors (Lipinski definition) is 3. The van der Waals surface area contributed by atoms with Crippen LogP contribution in [0.1, 0.15) is 25.7 Å². The second-order valence-corrected chi connectivity index (χ2v) is 6.83. The minimum Gasteiger partial charge on any atom is -0.334 e. The first-order valence-electron chi connectivity index (χ1n) is 8.25. The molecule has 0 radical (unpaired) electrons. The Labute approximate surface area is 134 Å². The third-order valence-corrected chi connectivity index (χ3v) is 5.59. The SMILES string of the molecule is CN1[C@@H]2CC[C@H]1CC(NC(=O)n1c(=O)n(C)c3ccccc31)C2. The van der Waals surface area contributed by atoms with Crippen molar-refractivity contribution in [2.45, 2.75) is 43.8 Å². The largest absolute Gasteiger partial charge is 0.337 e. The van der Waals surface area contributed by atoms with Crippen molar-refractivity contribution >= 4 is 17.1 Å². The number of nitrogens with one attached hydrogen (secondary N) is 1. The van der Waals surface area contributed by atoms with E-state index in [1.165, 1.54) is 22.0 Å². The van der Waals surface area contributed by atoms with Gasteiger partial charge in [-0.15, -0.1) is 0 Å². The van der Waals surface area contributed by atoms with Crippen LogP contribution in [0.4, 0.5) is 4.79 Å². The van der Waals surface area contributed by atoms with Gasteiger partial charge in [0.05, 0.1) is 11.0 Å². The molecule has 2 fully saturated rings. The third-order valence-electron chi connectivity index (χ3n) is 5.59. The monoisotopic (exact) mass is 314 g/mol. The summed E-state index contributed by atoms with van der Waals surface area (Å²) in [5.74, 6) is 0. The molecule has 4 rings (SSSR count). The van der Waals surface area contributed by atoms with E-state index in [-0.39, 0.29) is 17.8 Å². The molecule has 6 heteroatoms. The smallest absolute Gasteiger partial charge is 0.334 e. The number of carbonyl (C=O) groups excluding carboxylic acids is 1. The first kappa shape index (κ1) is 14.5. The molecule has 2 aliphatic heterocycles. The number of amides is 1. The Morgan fingerprint density at radius 3 is 2.35 bits per heavy atom. The number of carbonyl (C=O) groups is 1. The van der Waals surface area contributed by atoms with Gasteiger partial charge in [0.1, 0.15) is 0 Å². The van der Waals surface area contributed by atoms with Crippen LogP contribution >= 0.6 is 0 Å². The molecule has 2 aliphatic rings. The van der Waals surface area contributed by atoms with Crippen LogP contribution in [-0.4, -0.2) is 45.2 Å². The van der Waals surface area contributed by atoms with Gasteiger partial charge < -0.3 is 10.2 Å².